The molecule has 0 spiro atoms. The highest BCUT2D eigenvalue weighted by molar-refractivity contribution is 7.98. The quantitative estimate of drug-likeness (QED) is 0.680. The van der Waals surface area contributed by atoms with Gasteiger partial charge in [0.15, 0.2) is 0 Å². The van der Waals surface area contributed by atoms with E-state index < -0.39 is 0 Å². The van der Waals surface area contributed by atoms with Gasteiger partial charge in [0.25, 0.3) is 0 Å². The molecule has 0 aliphatic heterocycles. The number of benzene rings is 1. The summed E-state index contributed by atoms with van der Waals surface area (Å²) in [6.45, 7) is 6.32. The largest absolute Gasteiger partial charge is 0.357 e. The zero-order valence-corrected chi connectivity index (χ0v) is 12.6. The molecule has 0 saturated carbocycles. The molecule has 0 fully saturated rings. The van der Waals surface area contributed by atoms with Gasteiger partial charge in [-0.15, -0.1) is 11.8 Å². The Kier molecular flexibility index (Phi) is 4.43. The summed E-state index contributed by atoms with van der Waals surface area (Å²) in [6, 6.07) is 6.66. The van der Waals surface area contributed by atoms with Crippen molar-refractivity contribution in [3.8, 4) is 0 Å². The smallest absolute Gasteiger partial charge is 0.223 e. The van der Waals surface area contributed by atoms with Crippen LogP contribution in [0, 0.1) is 20.8 Å². The molecular weight excluding hydrogens is 254 g/mol. The van der Waals surface area contributed by atoms with Crippen LogP contribution in [0.15, 0.2) is 29.4 Å². The first-order valence-corrected chi connectivity index (χ1v) is 7.28. The van der Waals surface area contributed by atoms with E-state index in [0.717, 1.165) is 16.3 Å². The summed E-state index contributed by atoms with van der Waals surface area (Å²) in [7, 11) is 1.84. The lowest BCUT2D eigenvalue weighted by Crippen LogP contribution is -1.98. The van der Waals surface area contributed by atoms with E-state index in [2.05, 4.69) is 47.3 Å². The molecule has 0 atom stereocenters. The first-order valence-electron chi connectivity index (χ1n) is 6.30. The van der Waals surface area contributed by atoms with Crippen LogP contribution < -0.4 is 5.32 Å². The van der Waals surface area contributed by atoms with E-state index in [-0.39, 0.29) is 0 Å². The number of aryl methyl sites for hydroxylation is 3. The summed E-state index contributed by atoms with van der Waals surface area (Å²) in [4.78, 5) is 8.70. The number of aromatic nitrogens is 2. The van der Waals surface area contributed by atoms with Crippen LogP contribution in [0.4, 0.5) is 5.95 Å². The molecule has 0 aliphatic rings. The Morgan fingerprint density at radius 1 is 1.11 bits per heavy atom. The van der Waals surface area contributed by atoms with Gasteiger partial charge < -0.3 is 5.32 Å². The highest BCUT2D eigenvalue weighted by atomic mass is 32.2. The molecule has 2 aromatic rings. The Morgan fingerprint density at radius 3 is 2.42 bits per heavy atom. The molecule has 2 rings (SSSR count). The molecule has 0 aliphatic carbocycles. The molecule has 4 heteroatoms. The van der Waals surface area contributed by atoms with E-state index in [1.807, 2.05) is 20.2 Å². The number of rotatable bonds is 4. The van der Waals surface area contributed by atoms with Gasteiger partial charge in [-0.25, -0.2) is 9.97 Å². The van der Waals surface area contributed by atoms with Gasteiger partial charge >= 0.3 is 0 Å². The van der Waals surface area contributed by atoms with Crippen LogP contribution >= 0.6 is 11.8 Å². The Balaban J connectivity index is 2.13. The van der Waals surface area contributed by atoms with E-state index in [1.165, 1.54) is 16.7 Å². The lowest BCUT2D eigenvalue weighted by atomic mass is 10.1. The van der Waals surface area contributed by atoms with Crippen LogP contribution in [-0.2, 0) is 5.75 Å². The van der Waals surface area contributed by atoms with Crippen LogP contribution in [-0.4, -0.2) is 17.0 Å². The van der Waals surface area contributed by atoms with Gasteiger partial charge in [-0.3, -0.25) is 0 Å². The molecule has 0 saturated heterocycles. The predicted molar refractivity (Wildman–Crippen MR) is 81.8 cm³/mol. The van der Waals surface area contributed by atoms with Crippen LogP contribution in [0.5, 0.6) is 0 Å². The molecule has 0 unspecified atom stereocenters. The molecule has 1 N–H and O–H groups in total. The van der Waals surface area contributed by atoms with Gasteiger partial charge in [-0.2, -0.15) is 0 Å². The number of anilines is 1. The van der Waals surface area contributed by atoms with Crippen LogP contribution in [0.25, 0.3) is 0 Å². The van der Waals surface area contributed by atoms with E-state index in [9.17, 15) is 0 Å². The Labute approximate surface area is 118 Å². The molecule has 1 aromatic carbocycles. The number of nitrogens with zero attached hydrogens (tertiary/aromatic N) is 2. The zero-order chi connectivity index (χ0) is 13.8. The lowest BCUT2D eigenvalue weighted by Gasteiger charge is -2.08. The van der Waals surface area contributed by atoms with E-state index in [1.54, 1.807) is 11.8 Å². The molecule has 3 nitrogen and oxygen atoms in total. The minimum Gasteiger partial charge on any atom is -0.357 e. The second-order valence-corrected chi connectivity index (χ2v) is 5.68. The molecule has 19 heavy (non-hydrogen) atoms. The van der Waals surface area contributed by atoms with Crippen molar-refractivity contribution in [2.75, 3.05) is 12.4 Å². The van der Waals surface area contributed by atoms with Crippen molar-refractivity contribution in [3.63, 3.8) is 0 Å². The molecule has 100 valence electrons. The number of thioether (sulfide) groups is 1. The van der Waals surface area contributed by atoms with Crippen molar-refractivity contribution in [2.24, 2.45) is 0 Å². The third-order valence-corrected chi connectivity index (χ3v) is 3.97. The minimum absolute atomic E-state index is 0.675. The highest BCUT2D eigenvalue weighted by Gasteiger charge is 2.05. The van der Waals surface area contributed by atoms with Crippen LogP contribution in [0.2, 0.25) is 0 Å². The van der Waals surface area contributed by atoms with Crippen molar-refractivity contribution in [3.05, 3.63) is 46.6 Å². The van der Waals surface area contributed by atoms with Crippen molar-refractivity contribution < 1.29 is 0 Å². The Morgan fingerprint density at radius 2 is 1.79 bits per heavy atom. The SMILES string of the molecule is CNc1ncc(C)c(SCc2cc(C)cc(C)c2)n1. The van der Waals surface area contributed by atoms with Gasteiger partial charge in [0.1, 0.15) is 5.03 Å². The lowest BCUT2D eigenvalue weighted by molar-refractivity contribution is 1.00. The average molecular weight is 273 g/mol. The van der Waals surface area contributed by atoms with Gasteiger partial charge in [-0.05, 0) is 31.9 Å². The molecule has 1 heterocycles. The van der Waals surface area contributed by atoms with E-state index >= 15 is 0 Å². The molecular formula is C15H19N3S. The first-order chi connectivity index (χ1) is 9.08. The van der Waals surface area contributed by atoms with Crippen molar-refractivity contribution >= 4 is 17.7 Å². The van der Waals surface area contributed by atoms with Gasteiger partial charge in [-0.1, -0.05) is 29.3 Å². The fourth-order valence-corrected chi connectivity index (χ4v) is 2.90. The van der Waals surface area contributed by atoms with Crippen molar-refractivity contribution in [2.45, 2.75) is 31.6 Å². The second kappa shape index (κ2) is 6.06. The highest BCUT2D eigenvalue weighted by Crippen LogP contribution is 2.25. The van der Waals surface area contributed by atoms with Crippen LogP contribution in [0.1, 0.15) is 22.3 Å². The normalized spacial score (nSPS) is 10.5. The fourth-order valence-electron chi connectivity index (χ4n) is 2.00. The Hall–Kier alpha value is -1.55. The Bertz CT molecular complexity index is 561. The van der Waals surface area contributed by atoms with E-state index in [0.29, 0.717) is 5.95 Å². The summed E-state index contributed by atoms with van der Waals surface area (Å²) >= 11 is 1.76. The van der Waals surface area contributed by atoms with Gasteiger partial charge in [0.2, 0.25) is 5.95 Å². The fraction of sp³-hybridized carbons (Fsp3) is 0.333. The van der Waals surface area contributed by atoms with Crippen molar-refractivity contribution in [1.82, 2.24) is 9.97 Å². The average Bonchev–Trinajstić information content (AvgIpc) is 2.37. The third kappa shape index (κ3) is 3.70. The number of nitrogens with one attached hydrogen (secondary N) is 1. The maximum absolute atomic E-state index is 4.49. The number of hydrogen-bond donors (Lipinski definition) is 1. The second-order valence-electron chi connectivity index (χ2n) is 4.72. The third-order valence-electron chi connectivity index (χ3n) is 2.81. The monoisotopic (exact) mass is 273 g/mol. The van der Waals surface area contributed by atoms with Crippen LogP contribution in [0.3, 0.4) is 0 Å². The first kappa shape index (κ1) is 13.9. The zero-order valence-electron chi connectivity index (χ0n) is 11.8. The minimum atomic E-state index is 0.675. The van der Waals surface area contributed by atoms with Gasteiger partial charge in [0, 0.05) is 19.0 Å². The summed E-state index contributed by atoms with van der Waals surface area (Å²) < 4.78 is 0. The summed E-state index contributed by atoms with van der Waals surface area (Å²) in [5.74, 6) is 1.61. The molecule has 1 aromatic heterocycles. The molecule has 0 amide bonds. The van der Waals surface area contributed by atoms with E-state index in [4.69, 9.17) is 0 Å². The standard InChI is InChI=1S/C15H19N3S/c1-10-5-11(2)7-13(6-10)9-19-14-12(3)8-17-15(16-4)18-14/h5-8H,9H2,1-4H3,(H,16,17,18). The maximum Gasteiger partial charge on any atom is 0.223 e. The maximum atomic E-state index is 4.49. The summed E-state index contributed by atoms with van der Waals surface area (Å²) in [5, 5.41) is 4.02. The number of hydrogen-bond acceptors (Lipinski definition) is 4. The summed E-state index contributed by atoms with van der Waals surface area (Å²) in [6.07, 6.45) is 1.86. The molecule has 0 radical (unpaired) electrons. The van der Waals surface area contributed by atoms with Gasteiger partial charge in [0.05, 0.1) is 0 Å². The topological polar surface area (TPSA) is 37.8 Å². The predicted octanol–water partition coefficient (Wildman–Crippen LogP) is 3.74. The molecule has 0 bridgehead atoms. The summed E-state index contributed by atoms with van der Waals surface area (Å²) in [5.41, 5.74) is 5.08. The van der Waals surface area contributed by atoms with Crippen molar-refractivity contribution in [1.29, 1.82) is 0 Å².